The molecule has 1 aromatic carbocycles. The average molecular weight is 270 g/mol. The zero-order valence-corrected chi connectivity index (χ0v) is 12.5. The van der Waals surface area contributed by atoms with Crippen LogP contribution in [0.15, 0.2) is 17.2 Å². The molecule has 0 bridgehead atoms. The molecule has 0 saturated heterocycles. The van der Waals surface area contributed by atoms with Crippen LogP contribution >= 0.6 is 0 Å². The van der Waals surface area contributed by atoms with E-state index >= 15 is 0 Å². The normalized spacial score (nSPS) is 22.9. The number of nitrogens with zero attached hydrogens (tertiary/aromatic N) is 1. The van der Waals surface area contributed by atoms with Gasteiger partial charge in [0.05, 0.1) is 6.21 Å². The number of hydrogen-bond donors (Lipinski definition) is 1. The summed E-state index contributed by atoms with van der Waals surface area (Å²) < 4.78 is 0. The number of hydrazone groups is 1. The zero-order chi connectivity index (χ0) is 14.3. The summed E-state index contributed by atoms with van der Waals surface area (Å²) in [4.78, 5) is 12.0. The number of amides is 1. The van der Waals surface area contributed by atoms with Gasteiger partial charge in [0.15, 0.2) is 0 Å². The number of hydrogen-bond acceptors (Lipinski definition) is 2. The van der Waals surface area contributed by atoms with Gasteiger partial charge in [0, 0.05) is 11.5 Å². The Morgan fingerprint density at radius 3 is 2.45 bits per heavy atom. The van der Waals surface area contributed by atoms with E-state index in [-0.39, 0.29) is 11.8 Å². The van der Waals surface area contributed by atoms with Crippen LogP contribution in [0.3, 0.4) is 0 Å². The molecule has 0 aliphatic heterocycles. The Balaban J connectivity index is 1.62. The Bertz CT molecular complexity index is 562. The topological polar surface area (TPSA) is 41.5 Å². The minimum atomic E-state index is 0.100. The molecule has 1 spiro atoms. The molecule has 0 heterocycles. The predicted octanol–water partition coefficient (Wildman–Crippen LogP) is 3.25. The maximum atomic E-state index is 12.0. The molecule has 1 N–H and O–H groups in total. The molecule has 2 aliphatic carbocycles. The first-order valence-electron chi connectivity index (χ1n) is 7.43. The summed E-state index contributed by atoms with van der Waals surface area (Å²) in [7, 11) is 0. The van der Waals surface area contributed by atoms with E-state index in [0.717, 1.165) is 12.0 Å². The molecule has 0 unspecified atom stereocenters. The van der Waals surface area contributed by atoms with E-state index in [1.165, 1.54) is 36.0 Å². The van der Waals surface area contributed by atoms with Crippen LogP contribution < -0.4 is 5.43 Å². The van der Waals surface area contributed by atoms with E-state index in [0.29, 0.717) is 5.41 Å². The van der Waals surface area contributed by atoms with Gasteiger partial charge < -0.3 is 0 Å². The molecule has 2 saturated carbocycles. The number of benzene rings is 1. The average Bonchev–Trinajstić information content (AvgIpc) is 3.07. The maximum Gasteiger partial charge on any atom is 0.243 e. The zero-order valence-electron chi connectivity index (χ0n) is 12.5. The Morgan fingerprint density at radius 2 is 1.95 bits per heavy atom. The Labute approximate surface area is 120 Å². The molecule has 1 aromatic rings. The molecule has 1 amide bonds. The molecule has 3 nitrogen and oxygen atoms in total. The van der Waals surface area contributed by atoms with Crippen molar-refractivity contribution in [3.05, 3.63) is 34.4 Å². The van der Waals surface area contributed by atoms with Gasteiger partial charge in [0.1, 0.15) is 0 Å². The van der Waals surface area contributed by atoms with Gasteiger partial charge in [-0.15, -0.1) is 0 Å². The van der Waals surface area contributed by atoms with Gasteiger partial charge in [-0.1, -0.05) is 24.1 Å². The highest BCUT2D eigenvalue weighted by Gasteiger charge is 2.60. The second kappa shape index (κ2) is 4.72. The molecule has 0 radical (unpaired) electrons. The summed E-state index contributed by atoms with van der Waals surface area (Å²) in [5.41, 5.74) is 7.84. The summed E-state index contributed by atoms with van der Waals surface area (Å²) in [6, 6.07) is 4.28. The standard InChI is InChI=1S/C17H22N2O/c1-11-7-12(2)14(13(3)8-11)10-18-19-16(20)15-9-17(15)5-4-6-17/h7-8,10,15H,4-6,9H2,1-3H3,(H,19,20)/b18-10-/t15-/m0/s1. The van der Waals surface area contributed by atoms with E-state index in [9.17, 15) is 4.79 Å². The summed E-state index contributed by atoms with van der Waals surface area (Å²) in [6.07, 6.45) is 6.58. The summed E-state index contributed by atoms with van der Waals surface area (Å²) in [5, 5.41) is 4.15. The molecule has 3 heteroatoms. The lowest BCUT2D eigenvalue weighted by molar-refractivity contribution is -0.123. The quantitative estimate of drug-likeness (QED) is 0.665. The van der Waals surface area contributed by atoms with Crippen LogP contribution in [0, 0.1) is 32.1 Å². The van der Waals surface area contributed by atoms with Crippen molar-refractivity contribution in [2.45, 2.75) is 46.5 Å². The van der Waals surface area contributed by atoms with Crippen molar-refractivity contribution >= 4 is 12.1 Å². The van der Waals surface area contributed by atoms with Gasteiger partial charge in [-0.05, 0) is 56.6 Å². The number of carbonyl (C=O) groups excluding carboxylic acids is 1. The Kier molecular flexibility index (Phi) is 3.15. The van der Waals surface area contributed by atoms with Crippen molar-refractivity contribution < 1.29 is 4.79 Å². The Hall–Kier alpha value is -1.64. The molecule has 0 aromatic heterocycles. The number of aryl methyl sites for hydroxylation is 3. The highest BCUT2D eigenvalue weighted by Crippen LogP contribution is 2.65. The van der Waals surface area contributed by atoms with E-state index in [2.05, 4.69) is 43.4 Å². The lowest BCUT2D eigenvalue weighted by atomic mass is 9.80. The van der Waals surface area contributed by atoms with Gasteiger partial charge in [-0.2, -0.15) is 5.10 Å². The molecule has 3 rings (SSSR count). The molecular formula is C17H22N2O. The minimum Gasteiger partial charge on any atom is -0.273 e. The third-order valence-corrected chi connectivity index (χ3v) is 4.96. The lowest BCUT2D eigenvalue weighted by Crippen LogP contribution is -2.26. The maximum absolute atomic E-state index is 12.0. The van der Waals surface area contributed by atoms with Gasteiger partial charge in [0.2, 0.25) is 5.91 Å². The third kappa shape index (κ3) is 2.26. The predicted molar refractivity (Wildman–Crippen MR) is 80.8 cm³/mol. The highest BCUT2D eigenvalue weighted by atomic mass is 16.2. The first-order valence-corrected chi connectivity index (χ1v) is 7.43. The first-order chi connectivity index (χ1) is 9.52. The van der Waals surface area contributed by atoms with E-state index in [1.807, 2.05) is 0 Å². The van der Waals surface area contributed by atoms with Crippen molar-refractivity contribution in [3.8, 4) is 0 Å². The summed E-state index contributed by atoms with van der Waals surface area (Å²) in [5.74, 6) is 0.317. The SMILES string of the molecule is Cc1cc(C)c(/C=N\NC(=O)[C@@H]2CC23CCC3)c(C)c1. The lowest BCUT2D eigenvalue weighted by Gasteiger charge is -2.25. The van der Waals surface area contributed by atoms with Gasteiger partial charge >= 0.3 is 0 Å². The fraction of sp³-hybridized carbons (Fsp3) is 0.529. The van der Waals surface area contributed by atoms with E-state index in [1.54, 1.807) is 6.21 Å². The smallest absolute Gasteiger partial charge is 0.243 e. The highest BCUT2D eigenvalue weighted by molar-refractivity contribution is 5.87. The summed E-state index contributed by atoms with van der Waals surface area (Å²) >= 11 is 0. The van der Waals surface area contributed by atoms with Crippen LogP contribution in [0.1, 0.15) is 47.9 Å². The van der Waals surface area contributed by atoms with Crippen LogP contribution in [0.5, 0.6) is 0 Å². The number of nitrogens with one attached hydrogen (secondary N) is 1. The van der Waals surface area contributed by atoms with Crippen molar-refractivity contribution in [2.75, 3.05) is 0 Å². The van der Waals surface area contributed by atoms with Gasteiger partial charge in [-0.3, -0.25) is 4.79 Å². The van der Waals surface area contributed by atoms with Crippen molar-refractivity contribution in [1.82, 2.24) is 5.43 Å². The minimum absolute atomic E-state index is 0.100. The molecule has 106 valence electrons. The van der Waals surface area contributed by atoms with E-state index < -0.39 is 0 Å². The van der Waals surface area contributed by atoms with E-state index in [4.69, 9.17) is 0 Å². The fourth-order valence-electron chi connectivity index (χ4n) is 3.54. The molecule has 1 atom stereocenters. The van der Waals surface area contributed by atoms with Crippen molar-refractivity contribution in [1.29, 1.82) is 0 Å². The van der Waals surface area contributed by atoms with Crippen LogP contribution in [-0.4, -0.2) is 12.1 Å². The molecule has 2 aliphatic rings. The second-order valence-corrected chi connectivity index (χ2v) is 6.52. The second-order valence-electron chi connectivity index (χ2n) is 6.52. The molecular weight excluding hydrogens is 248 g/mol. The van der Waals surface area contributed by atoms with Gasteiger partial charge in [0.25, 0.3) is 0 Å². The van der Waals surface area contributed by atoms with Gasteiger partial charge in [-0.25, -0.2) is 5.43 Å². The summed E-state index contributed by atoms with van der Waals surface area (Å²) in [6.45, 7) is 6.24. The van der Waals surface area contributed by atoms with Crippen molar-refractivity contribution in [2.24, 2.45) is 16.4 Å². The largest absolute Gasteiger partial charge is 0.273 e. The fourth-order valence-corrected chi connectivity index (χ4v) is 3.54. The van der Waals surface area contributed by atoms with Crippen LogP contribution in [0.2, 0.25) is 0 Å². The number of carbonyl (C=O) groups is 1. The van der Waals surface area contributed by atoms with Crippen LogP contribution in [0.25, 0.3) is 0 Å². The number of rotatable bonds is 3. The van der Waals surface area contributed by atoms with Crippen LogP contribution in [0.4, 0.5) is 0 Å². The monoisotopic (exact) mass is 270 g/mol. The molecule has 20 heavy (non-hydrogen) atoms. The molecule has 2 fully saturated rings. The van der Waals surface area contributed by atoms with Crippen molar-refractivity contribution in [3.63, 3.8) is 0 Å². The first kappa shape index (κ1) is 13.3. The Morgan fingerprint density at radius 1 is 1.30 bits per heavy atom. The van der Waals surface area contributed by atoms with Crippen LogP contribution in [-0.2, 0) is 4.79 Å². The third-order valence-electron chi connectivity index (χ3n) is 4.96.